The largest absolute Gasteiger partial charge is 0.414 e. The van der Waals surface area contributed by atoms with E-state index in [9.17, 15) is 5.11 Å². The van der Waals surface area contributed by atoms with Crippen molar-refractivity contribution in [1.82, 2.24) is 0 Å². The molecule has 0 radical (unpaired) electrons. The normalized spacial score (nSPS) is 41.1. The first-order chi connectivity index (χ1) is 8.78. The first-order valence-electron chi connectivity index (χ1n) is 8.06. The predicted octanol–water partition coefficient (Wildman–Crippen LogP) is 4.05. The molecule has 2 saturated carbocycles. The maximum atomic E-state index is 9.53. The number of fused-ring (bicyclic) bond motifs is 1. The fourth-order valence-electron chi connectivity index (χ4n) is 4.82. The highest BCUT2D eigenvalue weighted by atomic mass is 28.4. The Morgan fingerprint density at radius 3 is 2.53 bits per heavy atom. The molecule has 0 bridgehead atoms. The van der Waals surface area contributed by atoms with Gasteiger partial charge in [-0.1, -0.05) is 20.3 Å². The number of aliphatic hydroxyl groups excluding tert-OH is 1. The maximum absolute atomic E-state index is 9.53. The first kappa shape index (κ1) is 15.5. The standard InChI is InChI=1S/C16H32O2Si/c1-12(11-17)13-8-9-14-15(18-19(3,4)5)7-6-10-16(13,14)2/h12-15,17H,6-11H2,1-5H3/t12-,13-,14?,15+,16-/m1/s1. The van der Waals surface area contributed by atoms with Gasteiger partial charge in [-0.25, -0.2) is 0 Å². The van der Waals surface area contributed by atoms with Crippen LogP contribution in [0.2, 0.25) is 19.6 Å². The molecule has 2 rings (SSSR count). The average molecular weight is 285 g/mol. The zero-order valence-corrected chi connectivity index (χ0v) is 14.4. The third kappa shape index (κ3) is 3.08. The molecule has 1 unspecified atom stereocenters. The summed E-state index contributed by atoms with van der Waals surface area (Å²) >= 11 is 0. The molecule has 5 atom stereocenters. The summed E-state index contributed by atoms with van der Waals surface area (Å²) in [6.07, 6.45) is 6.97. The second-order valence-corrected chi connectivity index (χ2v) is 12.6. The number of hydrogen-bond donors (Lipinski definition) is 1. The van der Waals surface area contributed by atoms with Gasteiger partial charge < -0.3 is 9.53 Å². The predicted molar refractivity (Wildman–Crippen MR) is 82.6 cm³/mol. The average Bonchev–Trinajstić information content (AvgIpc) is 2.64. The highest BCUT2D eigenvalue weighted by Crippen LogP contribution is 2.58. The van der Waals surface area contributed by atoms with E-state index in [1.807, 2.05) is 0 Å². The van der Waals surface area contributed by atoms with Gasteiger partial charge in [-0.2, -0.15) is 0 Å². The zero-order valence-electron chi connectivity index (χ0n) is 13.4. The van der Waals surface area contributed by atoms with E-state index in [2.05, 4.69) is 33.5 Å². The van der Waals surface area contributed by atoms with E-state index in [-0.39, 0.29) is 0 Å². The van der Waals surface area contributed by atoms with Crippen molar-refractivity contribution >= 4 is 8.32 Å². The Labute approximate surface area is 120 Å². The Morgan fingerprint density at radius 1 is 1.26 bits per heavy atom. The van der Waals surface area contributed by atoms with Crippen LogP contribution in [0.15, 0.2) is 0 Å². The summed E-state index contributed by atoms with van der Waals surface area (Å²) in [6, 6.07) is 0. The van der Waals surface area contributed by atoms with Crippen LogP contribution in [0.5, 0.6) is 0 Å². The number of rotatable bonds is 4. The summed E-state index contributed by atoms with van der Waals surface area (Å²) in [5, 5.41) is 9.53. The molecular formula is C16H32O2Si. The van der Waals surface area contributed by atoms with Crippen LogP contribution in [0.25, 0.3) is 0 Å². The van der Waals surface area contributed by atoms with Gasteiger partial charge in [0.1, 0.15) is 0 Å². The van der Waals surface area contributed by atoms with Crippen molar-refractivity contribution in [2.24, 2.45) is 23.2 Å². The summed E-state index contributed by atoms with van der Waals surface area (Å²) in [6.45, 7) is 12.0. The van der Waals surface area contributed by atoms with Crippen molar-refractivity contribution in [1.29, 1.82) is 0 Å². The smallest absolute Gasteiger partial charge is 0.184 e. The van der Waals surface area contributed by atoms with E-state index >= 15 is 0 Å². The Hall–Kier alpha value is 0.137. The zero-order chi connectivity index (χ0) is 14.3. The van der Waals surface area contributed by atoms with Crippen molar-refractivity contribution < 1.29 is 9.53 Å². The van der Waals surface area contributed by atoms with Crippen LogP contribution in [0.4, 0.5) is 0 Å². The molecule has 112 valence electrons. The molecule has 2 aliphatic carbocycles. The lowest BCUT2D eigenvalue weighted by molar-refractivity contribution is -0.0236. The fourth-order valence-corrected chi connectivity index (χ4v) is 6.01. The topological polar surface area (TPSA) is 29.5 Å². The monoisotopic (exact) mass is 284 g/mol. The van der Waals surface area contributed by atoms with Gasteiger partial charge >= 0.3 is 0 Å². The van der Waals surface area contributed by atoms with Crippen LogP contribution in [0, 0.1) is 23.2 Å². The van der Waals surface area contributed by atoms with Crippen molar-refractivity contribution in [3.8, 4) is 0 Å². The molecule has 2 nitrogen and oxygen atoms in total. The quantitative estimate of drug-likeness (QED) is 0.789. The van der Waals surface area contributed by atoms with Crippen LogP contribution in [0.3, 0.4) is 0 Å². The molecule has 1 N–H and O–H groups in total. The van der Waals surface area contributed by atoms with Gasteiger partial charge in [-0.05, 0) is 68.5 Å². The molecule has 2 fully saturated rings. The summed E-state index contributed by atoms with van der Waals surface area (Å²) in [7, 11) is -1.44. The molecule has 0 aromatic carbocycles. The Balaban J connectivity index is 2.14. The first-order valence-corrected chi connectivity index (χ1v) is 11.5. The molecular weight excluding hydrogens is 252 g/mol. The van der Waals surface area contributed by atoms with Gasteiger partial charge in [0.15, 0.2) is 8.32 Å². The molecule has 2 aliphatic rings. The number of hydrogen-bond acceptors (Lipinski definition) is 2. The molecule has 0 heterocycles. The molecule has 0 spiro atoms. The molecule has 0 amide bonds. The molecule has 19 heavy (non-hydrogen) atoms. The summed E-state index contributed by atoms with van der Waals surface area (Å²) in [5.74, 6) is 1.86. The third-order valence-corrected chi connectivity index (χ3v) is 6.63. The lowest BCUT2D eigenvalue weighted by Gasteiger charge is -2.47. The van der Waals surface area contributed by atoms with Gasteiger partial charge in [0.25, 0.3) is 0 Å². The van der Waals surface area contributed by atoms with Gasteiger partial charge in [-0.3, -0.25) is 0 Å². The SMILES string of the molecule is C[C@H](CO)[C@H]1CCC2[C@@H](O[Si](C)(C)C)CCC[C@@]21C. The van der Waals surface area contributed by atoms with E-state index in [0.717, 1.165) is 5.92 Å². The Morgan fingerprint density at radius 2 is 1.95 bits per heavy atom. The van der Waals surface area contributed by atoms with Crippen molar-refractivity contribution in [3.05, 3.63) is 0 Å². The van der Waals surface area contributed by atoms with E-state index in [0.29, 0.717) is 30.0 Å². The molecule has 0 aromatic rings. The summed E-state index contributed by atoms with van der Waals surface area (Å²) < 4.78 is 6.50. The second-order valence-electron chi connectivity index (χ2n) is 8.12. The number of aliphatic hydroxyl groups is 1. The van der Waals surface area contributed by atoms with Crippen LogP contribution in [0.1, 0.15) is 46.0 Å². The minimum absolute atomic E-state index is 0.340. The van der Waals surface area contributed by atoms with E-state index < -0.39 is 8.32 Å². The fraction of sp³-hybridized carbons (Fsp3) is 1.00. The van der Waals surface area contributed by atoms with Crippen LogP contribution < -0.4 is 0 Å². The van der Waals surface area contributed by atoms with E-state index in [1.165, 1.54) is 32.1 Å². The van der Waals surface area contributed by atoms with Crippen LogP contribution >= 0.6 is 0 Å². The highest BCUT2D eigenvalue weighted by Gasteiger charge is 2.53. The van der Waals surface area contributed by atoms with Crippen molar-refractivity contribution in [2.75, 3.05) is 6.61 Å². The lowest BCUT2D eigenvalue weighted by Crippen LogP contribution is -2.46. The van der Waals surface area contributed by atoms with Crippen LogP contribution in [-0.4, -0.2) is 26.1 Å². The molecule has 0 aliphatic heterocycles. The highest BCUT2D eigenvalue weighted by molar-refractivity contribution is 6.69. The second kappa shape index (κ2) is 5.49. The van der Waals surface area contributed by atoms with Gasteiger partial charge in [0.2, 0.25) is 0 Å². The molecule has 0 aromatic heterocycles. The van der Waals surface area contributed by atoms with Gasteiger partial charge in [0.05, 0.1) is 0 Å². The molecule has 3 heteroatoms. The third-order valence-electron chi connectivity index (χ3n) is 5.62. The summed E-state index contributed by atoms with van der Waals surface area (Å²) in [4.78, 5) is 0. The minimum atomic E-state index is -1.44. The van der Waals surface area contributed by atoms with Gasteiger partial charge in [0, 0.05) is 12.7 Å². The minimum Gasteiger partial charge on any atom is -0.414 e. The van der Waals surface area contributed by atoms with Crippen LogP contribution in [-0.2, 0) is 4.43 Å². The maximum Gasteiger partial charge on any atom is 0.184 e. The Kier molecular flexibility index (Phi) is 4.49. The Bertz CT molecular complexity index is 312. The van der Waals surface area contributed by atoms with E-state index in [1.54, 1.807) is 0 Å². The van der Waals surface area contributed by atoms with Crippen molar-refractivity contribution in [3.63, 3.8) is 0 Å². The molecule has 0 saturated heterocycles. The van der Waals surface area contributed by atoms with Gasteiger partial charge in [-0.15, -0.1) is 0 Å². The lowest BCUT2D eigenvalue weighted by atomic mass is 9.62. The van der Waals surface area contributed by atoms with E-state index in [4.69, 9.17) is 4.43 Å². The summed E-state index contributed by atoms with van der Waals surface area (Å²) in [5.41, 5.74) is 0.407. The van der Waals surface area contributed by atoms with Crippen molar-refractivity contribution in [2.45, 2.75) is 71.7 Å².